The van der Waals surface area contributed by atoms with Crippen molar-refractivity contribution in [3.8, 4) is 0 Å². The molecular weight excluding hydrogens is 267 g/mol. The fourth-order valence-electron chi connectivity index (χ4n) is 1.08. The van der Waals surface area contributed by atoms with Gasteiger partial charge in [-0.2, -0.15) is 0 Å². The lowest BCUT2D eigenvalue weighted by Crippen LogP contribution is -2.28. The molecule has 0 heterocycles. The van der Waals surface area contributed by atoms with E-state index in [0.717, 1.165) is 6.07 Å². The molecule has 1 aromatic carbocycles. The minimum absolute atomic E-state index is 0.116. The SMILES string of the molecule is NC(=O)NCc1cccc(S(F)(F)(F)(F)F)c1. The summed E-state index contributed by atoms with van der Waals surface area (Å²) in [7, 11) is -9.67. The maximum absolute atomic E-state index is 12.4. The van der Waals surface area contributed by atoms with Crippen LogP contribution in [0.1, 0.15) is 5.56 Å². The van der Waals surface area contributed by atoms with Crippen molar-refractivity contribution in [1.82, 2.24) is 5.32 Å². The van der Waals surface area contributed by atoms with E-state index >= 15 is 0 Å². The molecule has 3 N–H and O–H groups in total. The molecule has 1 aromatic rings. The third kappa shape index (κ3) is 4.10. The lowest BCUT2D eigenvalue weighted by atomic mass is 10.2. The van der Waals surface area contributed by atoms with Crippen LogP contribution in [-0.2, 0) is 6.54 Å². The summed E-state index contributed by atoms with van der Waals surface area (Å²) in [5.41, 5.74) is 4.59. The van der Waals surface area contributed by atoms with Gasteiger partial charge in [-0.05, 0) is 17.7 Å². The molecule has 3 nitrogen and oxygen atoms in total. The highest BCUT2D eigenvalue weighted by atomic mass is 32.5. The van der Waals surface area contributed by atoms with Crippen molar-refractivity contribution < 1.29 is 24.2 Å². The van der Waals surface area contributed by atoms with Crippen LogP contribution in [-0.4, -0.2) is 6.03 Å². The molecule has 0 aliphatic rings. The number of nitrogens with one attached hydrogen (secondary N) is 1. The largest absolute Gasteiger partial charge is 0.352 e. The molecule has 0 unspecified atom stereocenters. The lowest BCUT2D eigenvalue weighted by Gasteiger charge is -2.40. The van der Waals surface area contributed by atoms with Crippen LogP contribution in [0.3, 0.4) is 0 Å². The smallest absolute Gasteiger partial charge is 0.312 e. The maximum atomic E-state index is 12.4. The number of benzene rings is 1. The average Bonchev–Trinajstić information content (AvgIpc) is 2.12. The molecule has 0 fully saturated rings. The van der Waals surface area contributed by atoms with E-state index in [1.807, 2.05) is 5.32 Å². The van der Waals surface area contributed by atoms with Crippen LogP contribution in [0.15, 0.2) is 29.2 Å². The number of primary amides is 1. The van der Waals surface area contributed by atoms with Crippen molar-refractivity contribution in [2.45, 2.75) is 11.4 Å². The number of carbonyl (C=O) groups is 1. The van der Waals surface area contributed by atoms with Crippen molar-refractivity contribution >= 4 is 16.3 Å². The Morgan fingerprint density at radius 2 is 1.82 bits per heavy atom. The van der Waals surface area contributed by atoms with Crippen molar-refractivity contribution in [2.24, 2.45) is 5.73 Å². The van der Waals surface area contributed by atoms with Gasteiger partial charge in [0.25, 0.3) is 0 Å². The fraction of sp³-hybridized carbons (Fsp3) is 0.125. The van der Waals surface area contributed by atoms with E-state index in [9.17, 15) is 24.2 Å². The van der Waals surface area contributed by atoms with Gasteiger partial charge in [-0.25, -0.2) is 4.79 Å². The van der Waals surface area contributed by atoms with Crippen molar-refractivity contribution in [3.63, 3.8) is 0 Å². The number of halogens is 5. The molecule has 98 valence electrons. The highest BCUT2D eigenvalue weighted by Crippen LogP contribution is 3.02. The van der Waals surface area contributed by atoms with Gasteiger partial charge in [0.05, 0.1) is 0 Å². The van der Waals surface area contributed by atoms with Crippen LogP contribution < -0.4 is 11.1 Å². The van der Waals surface area contributed by atoms with Gasteiger partial charge in [0.1, 0.15) is 4.90 Å². The zero-order valence-electron chi connectivity index (χ0n) is 8.30. The Kier molecular flexibility index (Phi) is 2.59. The van der Waals surface area contributed by atoms with E-state index < -0.39 is 21.2 Å². The van der Waals surface area contributed by atoms with E-state index in [4.69, 9.17) is 5.73 Å². The summed E-state index contributed by atoms with van der Waals surface area (Å²) < 4.78 is 62.1. The predicted octanol–water partition coefficient (Wildman–Crippen LogP) is 3.51. The minimum Gasteiger partial charge on any atom is -0.352 e. The number of amides is 2. The molecule has 0 aliphatic heterocycles. The molecule has 0 aliphatic carbocycles. The molecule has 0 atom stereocenters. The van der Waals surface area contributed by atoms with E-state index in [1.165, 1.54) is 6.07 Å². The third-order valence-corrected chi connectivity index (χ3v) is 2.96. The second-order valence-corrected chi connectivity index (χ2v) is 5.74. The zero-order chi connectivity index (χ0) is 13.4. The molecule has 0 spiro atoms. The monoisotopic (exact) mass is 276 g/mol. The van der Waals surface area contributed by atoms with Gasteiger partial charge >= 0.3 is 16.3 Å². The summed E-state index contributed by atoms with van der Waals surface area (Å²) in [6.45, 7) is -0.350. The highest BCUT2D eigenvalue weighted by molar-refractivity contribution is 8.45. The van der Waals surface area contributed by atoms with Gasteiger partial charge in [-0.3, -0.25) is 0 Å². The Hall–Kier alpha value is -1.51. The third-order valence-electron chi connectivity index (χ3n) is 1.81. The van der Waals surface area contributed by atoms with Crippen LogP contribution in [0.2, 0.25) is 0 Å². The summed E-state index contributed by atoms with van der Waals surface area (Å²) >= 11 is 0. The molecule has 1 rings (SSSR count). The highest BCUT2D eigenvalue weighted by Gasteiger charge is 2.65. The van der Waals surface area contributed by atoms with Crippen LogP contribution in [0.25, 0.3) is 0 Å². The van der Waals surface area contributed by atoms with Crippen LogP contribution in [0.4, 0.5) is 24.2 Å². The number of nitrogens with two attached hydrogens (primary N) is 1. The molecule has 0 bridgehead atoms. The van der Waals surface area contributed by atoms with Crippen molar-refractivity contribution in [2.75, 3.05) is 0 Å². The number of hydrogen-bond acceptors (Lipinski definition) is 1. The molecule has 2 amide bonds. The summed E-state index contributed by atoms with van der Waals surface area (Å²) in [4.78, 5) is 8.34. The number of urea groups is 1. The summed E-state index contributed by atoms with van der Waals surface area (Å²) in [5.74, 6) is 0. The molecule has 9 heteroatoms. The molecule has 17 heavy (non-hydrogen) atoms. The van der Waals surface area contributed by atoms with Gasteiger partial charge in [0, 0.05) is 6.54 Å². The quantitative estimate of drug-likeness (QED) is 0.815. The number of hydrogen-bond donors (Lipinski definition) is 2. The summed E-state index contributed by atoms with van der Waals surface area (Å²) in [6.07, 6.45) is 0. The lowest BCUT2D eigenvalue weighted by molar-refractivity contribution is 0.248. The summed E-state index contributed by atoms with van der Waals surface area (Å²) in [5, 5.41) is 2.01. The first-order valence-electron chi connectivity index (χ1n) is 4.25. The Morgan fingerprint density at radius 1 is 1.24 bits per heavy atom. The first-order chi connectivity index (χ1) is 7.38. The summed E-state index contributed by atoms with van der Waals surface area (Å²) in [6, 6.07) is 1.63. The zero-order valence-corrected chi connectivity index (χ0v) is 9.12. The normalized spacial score (nSPS) is 15.8. The topological polar surface area (TPSA) is 55.1 Å². The second kappa shape index (κ2) is 3.25. The van der Waals surface area contributed by atoms with E-state index in [-0.39, 0.29) is 24.2 Å². The van der Waals surface area contributed by atoms with Gasteiger partial charge in [0.15, 0.2) is 0 Å². The molecule has 0 saturated heterocycles. The predicted molar refractivity (Wildman–Crippen MR) is 54.3 cm³/mol. The van der Waals surface area contributed by atoms with E-state index in [2.05, 4.69) is 0 Å². The number of carbonyl (C=O) groups excluding carboxylic acids is 1. The van der Waals surface area contributed by atoms with Gasteiger partial charge in [0.2, 0.25) is 0 Å². The van der Waals surface area contributed by atoms with E-state index in [1.54, 1.807) is 0 Å². The van der Waals surface area contributed by atoms with E-state index in [0.29, 0.717) is 0 Å². The fourth-order valence-corrected chi connectivity index (χ4v) is 1.79. The first kappa shape index (κ1) is 13.6. The van der Waals surface area contributed by atoms with Crippen molar-refractivity contribution in [1.29, 1.82) is 0 Å². The number of rotatable bonds is 3. The first-order valence-corrected chi connectivity index (χ1v) is 6.20. The second-order valence-electron chi connectivity index (χ2n) is 3.33. The standard InChI is InChI=1S/C8H9F5N2OS/c9-17(10,11,12,13)7-3-1-2-6(4-7)5-15-8(14)16/h1-4H,5H2,(H3,14,15,16). The molecule has 0 aromatic heterocycles. The average molecular weight is 276 g/mol. The van der Waals surface area contributed by atoms with Crippen molar-refractivity contribution in [3.05, 3.63) is 29.8 Å². The maximum Gasteiger partial charge on any atom is 0.312 e. The molecular formula is C8H9F5N2OS. The Morgan fingerprint density at radius 3 is 2.29 bits per heavy atom. The molecule has 0 saturated carbocycles. The van der Waals surface area contributed by atoms with Crippen LogP contribution in [0.5, 0.6) is 0 Å². The van der Waals surface area contributed by atoms with Gasteiger partial charge in [-0.1, -0.05) is 31.6 Å². The van der Waals surface area contributed by atoms with Crippen LogP contribution >= 0.6 is 10.2 Å². The minimum atomic E-state index is -9.67. The Labute approximate surface area is 93.5 Å². The van der Waals surface area contributed by atoms with Crippen LogP contribution in [0, 0.1) is 0 Å². The van der Waals surface area contributed by atoms with Gasteiger partial charge in [-0.15, -0.1) is 0 Å². The van der Waals surface area contributed by atoms with Gasteiger partial charge < -0.3 is 11.1 Å². The Bertz CT molecular complexity index is 458. The molecule has 0 radical (unpaired) electrons. The Balaban J connectivity index is 3.07.